The maximum atomic E-state index is 12.0. The summed E-state index contributed by atoms with van der Waals surface area (Å²) in [5, 5.41) is 7.57. The van der Waals surface area contributed by atoms with Crippen molar-refractivity contribution in [3.63, 3.8) is 0 Å². The number of carbonyl (C=O) groups excluding carboxylic acids is 1. The minimum absolute atomic E-state index is 0.250. The monoisotopic (exact) mass is 308 g/mol. The number of rotatable bonds is 3. The van der Waals surface area contributed by atoms with Gasteiger partial charge in [-0.2, -0.15) is 0 Å². The normalized spacial score (nSPS) is 31.6. The van der Waals surface area contributed by atoms with Crippen molar-refractivity contribution in [3.8, 4) is 0 Å². The first-order chi connectivity index (χ1) is 10.5. The molecule has 2 heteroatoms. The zero-order valence-electron chi connectivity index (χ0n) is 15.1. The minimum atomic E-state index is 0.250. The molecule has 128 valence electrons. The van der Waals surface area contributed by atoms with Crippen molar-refractivity contribution < 1.29 is 9.90 Å². The molecule has 2 aliphatic carbocycles. The Balaban J connectivity index is 0.000000789. The number of aliphatic hydroxyl groups is 1. The number of ketones is 1. The van der Waals surface area contributed by atoms with E-state index in [4.69, 9.17) is 5.11 Å². The van der Waals surface area contributed by atoms with Crippen LogP contribution in [0.3, 0.4) is 0 Å². The van der Waals surface area contributed by atoms with Crippen LogP contribution in [-0.2, 0) is 4.79 Å². The van der Waals surface area contributed by atoms with Crippen LogP contribution in [0.1, 0.15) is 66.2 Å². The van der Waals surface area contributed by atoms with Gasteiger partial charge in [-0.3, -0.25) is 4.79 Å². The van der Waals surface area contributed by atoms with Crippen LogP contribution in [-0.4, -0.2) is 17.5 Å². The molecule has 2 aliphatic rings. The Morgan fingerprint density at radius 3 is 2.50 bits per heavy atom. The van der Waals surface area contributed by atoms with E-state index in [1.165, 1.54) is 12.8 Å². The molecule has 4 atom stereocenters. The molecule has 0 aliphatic heterocycles. The molecule has 1 N–H and O–H groups in total. The Hall–Kier alpha value is -0.890. The second-order valence-corrected chi connectivity index (χ2v) is 6.57. The van der Waals surface area contributed by atoms with Gasteiger partial charge >= 0.3 is 0 Å². The predicted octanol–water partition coefficient (Wildman–Crippen LogP) is 5.18. The Labute approximate surface area is 137 Å². The fourth-order valence-electron chi connectivity index (χ4n) is 4.32. The van der Waals surface area contributed by atoms with Gasteiger partial charge in [-0.05, 0) is 56.3 Å². The molecule has 22 heavy (non-hydrogen) atoms. The summed E-state index contributed by atoms with van der Waals surface area (Å²) in [5.41, 5.74) is 0.298. The molecule has 2 nitrogen and oxygen atoms in total. The minimum Gasteiger partial charge on any atom is -0.397 e. The molecular formula is C20H36O2. The van der Waals surface area contributed by atoms with E-state index in [-0.39, 0.29) is 6.61 Å². The molecule has 2 fully saturated rings. The maximum Gasteiger partial charge on any atom is 0.136 e. The molecule has 0 radical (unpaired) electrons. The highest BCUT2D eigenvalue weighted by atomic mass is 16.2. The zero-order chi connectivity index (χ0) is 17.2. The summed E-state index contributed by atoms with van der Waals surface area (Å²) in [6, 6.07) is 0. The van der Waals surface area contributed by atoms with Crippen LogP contribution < -0.4 is 0 Å². The third kappa shape index (κ3) is 5.08. The van der Waals surface area contributed by atoms with Gasteiger partial charge in [-0.25, -0.2) is 0 Å². The highest BCUT2D eigenvalue weighted by molar-refractivity contribution is 5.83. The molecule has 2 rings (SSSR count). The Bertz CT molecular complexity index is 348. The van der Waals surface area contributed by atoms with E-state index in [1.807, 2.05) is 0 Å². The van der Waals surface area contributed by atoms with E-state index in [9.17, 15) is 4.79 Å². The molecule has 1 unspecified atom stereocenters. The predicted molar refractivity (Wildman–Crippen MR) is 95.8 cm³/mol. The highest BCUT2D eigenvalue weighted by Gasteiger charge is 2.51. The van der Waals surface area contributed by atoms with Crippen LogP contribution in [0.2, 0.25) is 0 Å². The van der Waals surface area contributed by atoms with E-state index in [1.54, 1.807) is 6.92 Å². The fraction of sp³-hybridized carbons (Fsp3) is 0.750. The highest BCUT2D eigenvalue weighted by Crippen LogP contribution is 2.56. The van der Waals surface area contributed by atoms with Crippen molar-refractivity contribution in [1.29, 1.82) is 0 Å². The lowest BCUT2D eigenvalue weighted by Gasteiger charge is -2.41. The average molecular weight is 309 g/mol. The fourth-order valence-corrected chi connectivity index (χ4v) is 4.32. The van der Waals surface area contributed by atoms with Crippen molar-refractivity contribution in [2.45, 2.75) is 66.2 Å². The van der Waals surface area contributed by atoms with Crippen LogP contribution in [0.5, 0.6) is 0 Å². The number of fused-ring (bicyclic) bond motifs is 1. The van der Waals surface area contributed by atoms with Gasteiger partial charge in [-0.1, -0.05) is 32.9 Å². The van der Waals surface area contributed by atoms with Crippen molar-refractivity contribution in [3.05, 3.63) is 25.3 Å². The number of hydrogen-bond donors (Lipinski definition) is 1. The van der Waals surface area contributed by atoms with Gasteiger partial charge in [0, 0.05) is 18.9 Å². The number of aliphatic hydroxyl groups excluding tert-OH is 1. The second kappa shape index (κ2) is 10.8. The number of allylic oxidation sites excluding steroid dienone is 2. The van der Waals surface area contributed by atoms with E-state index < -0.39 is 0 Å². The van der Waals surface area contributed by atoms with Crippen molar-refractivity contribution in [1.82, 2.24) is 0 Å². The zero-order valence-corrected chi connectivity index (χ0v) is 15.1. The van der Waals surface area contributed by atoms with Crippen LogP contribution in [0.15, 0.2) is 25.3 Å². The summed E-state index contributed by atoms with van der Waals surface area (Å²) in [6.07, 6.45) is 11.4. The third-order valence-corrected chi connectivity index (χ3v) is 5.25. The topological polar surface area (TPSA) is 37.3 Å². The van der Waals surface area contributed by atoms with Gasteiger partial charge in [0.2, 0.25) is 0 Å². The Morgan fingerprint density at radius 2 is 1.95 bits per heavy atom. The summed E-state index contributed by atoms with van der Waals surface area (Å²) in [4.78, 5) is 12.0. The average Bonchev–Trinajstić information content (AvgIpc) is 2.86. The molecule has 0 amide bonds. The summed E-state index contributed by atoms with van der Waals surface area (Å²) < 4.78 is 0. The van der Waals surface area contributed by atoms with Crippen LogP contribution in [0.4, 0.5) is 0 Å². The van der Waals surface area contributed by atoms with Crippen molar-refractivity contribution in [2.24, 2.45) is 23.2 Å². The molecule has 0 aromatic carbocycles. The number of hydrogen-bond acceptors (Lipinski definition) is 2. The summed E-state index contributed by atoms with van der Waals surface area (Å²) in [7, 11) is 0. The molecule has 0 saturated heterocycles. The lowest BCUT2D eigenvalue weighted by atomic mass is 9.62. The SMILES string of the molecule is C=C.CC/C=C/[C@H](C)[C@H]1CC[C@H]2C(=O)CCCC12C.CCO. The van der Waals surface area contributed by atoms with Gasteiger partial charge < -0.3 is 5.11 Å². The summed E-state index contributed by atoms with van der Waals surface area (Å²) in [6.45, 7) is 14.8. The Kier molecular flexibility index (Phi) is 10.3. The van der Waals surface area contributed by atoms with Crippen molar-refractivity contribution in [2.75, 3.05) is 6.61 Å². The van der Waals surface area contributed by atoms with Crippen LogP contribution >= 0.6 is 0 Å². The number of carbonyl (C=O) groups is 1. The van der Waals surface area contributed by atoms with Crippen molar-refractivity contribution >= 4 is 5.78 Å². The van der Waals surface area contributed by atoms with E-state index in [0.717, 1.165) is 31.6 Å². The molecule has 0 spiro atoms. The van der Waals surface area contributed by atoms with Gasteiger partial charge in [0.1, 0.15) is 5.78 Å². The summed E-state index contributed by atoms with van der Waals surface area (Å²) >= 11 is 0. The smallest absolute Gasteiger partial charge is 0.136 e. The van der Waals surface area contributed by atoms with Gasteiger partial charge in [0.05, 0.1) is 0 Å². The van der Waals surface area contributed by atoms with E-state index in [0.29, 0.717) is 23.0 Å². The second-order valence-electron chi connectivity index (χ2n) is 6.57. The first-order valence-corrected chi connectivity index (χ1v) is 8.81. The maximum absolute atomic E-state index is 12.0. The Morgan fingerprint density at radius 1 is 1.36 bits per heavy atom. The quantitative estimate of drug-likeness (QED) is 0.730. The standard InChI is InChI=1S/C16H26O.C2H6O.C2H4/c1-4-5-7-12(2)13-9-10-14-15(17)8-6-11-16(13,14)3;1-2-3;1-2/h5,7,12-14H,4,6,8-11H2,1-3H3;3H,2H2,1H3;1-2H2/b7-5+;;/t12-,13+,14-,16?;;/m0../s1. The lowest BCUT2D eigenvalue weighted by molar-refractivity contribution is -0.129. The van der Waals surface area contributed by atoms with Crippen LogP contribution in [0.25, 0.3) is 0 Å². The molecule has 0 aromatic heterocycles. The van der Waals surface area contributed by atoms with Gasteiger partial charge in [0.15, 0.2) is 0 Å². The van der Waals surface area contributed by atoms with E-state index >= 15 is 0 Å². The van der Waals surface area contributed by atoms with Gasteiger partial charge in [-0.15, -0.1) is 13.2 Å². The van der Waals surface area contributed by atoms with E-state index in [2.05, 4.69) is 46.1 Å². The molecular weight excluding hydrogens is 272 g/mol. The largest absolute Gasteiger partial charge is 0.397 e. The summed E-state index contributed by atoms with van der Waals surface area (Å²) in [5.74, 6) is 2.28. The lowest BCUT2D eigenvalue weighted by Crippen LogP contribution is -2.39. The first-order valence-electron chi connectivity index (χ1n) is 8.81. The molecule has 0 aromatic rings. The third-order valence-electron chi connectivity index (χ3n) is 5.25. The molecule has 0 bridgehead atoms. The molecule has 0 heterocycles. The van der Waals surface area contributed by atoms with Crippen LogP contribution in [0, 0.1) is 23.2 Å². The van der Waals surface area contributed by atoms with Gasteiger partial charge in [0.25, 0.3) is 0 Å². The first kappa shape index (κ1) is 21.1. The number of Topliss-reactive ketones (excluding diaryl/α,β-unsaturated/α-hetero) is 1. The molecule has 2 saturated carbocycles.